The molecule has 0 aromatic rings. The molecule has 0 atom stereocenters. The van der Waals surface area contributed by atoms with Crippen LogP contribution in [0.15, 0.2) is 0 Å². The lowest BCUT2D eigenvalue weighted by atomic mass is 9.93. The summed E-state index contributed by atoms with van der Waals surface area (Å²) in [4.78, 5) is 24.5. The number of nitrogens with two attached hydrogens (primary N) is 1. The molecular weight excluding hydrogens is 206 g/mol. The minimum absolute atomic E-state index is 0.0209. The molecule has 90 valence electrons. The van der Waals surface area contributed by atoms with E-state index in [4.69, 9.17) is 5.73 Å². The quantitative estimate of drug-likeness (QED) is 0.715. The minimum Gasteiger partial charge on any atom is -0.369 e. The molecule has 5 nitrogen and oxygen atoms in total. The van der Waals surface area contributed by atoms with Crippen molar-refractivity contribution in [1.29, 1.82) is 0 Å². The molecule has 2 fully saturated rings. The summed E-state index contributed by atoms with van der Waals surface area (Å²) >= 11 is 0. The second kappa shape index (κ2) is 4.72. The molecule has 2 aliphatic rings. The van der Waals surface area contributed by atoms with Crippen LogP contribution < -0.4 is 11.1 Å². The molecule has 3 N–H and O–H groups in total. The molecular formula is C11H19N3O2. The maximum Gasteiger partial charge on any atom is 0.317 e. The van der Waals surface area contributed by atoms with Crippen LogP contribution in [0.2, 0.25) is 0 Å². The van der Waals surface area contributed by atoms with Crippen LogP contribution in [0.25, 0.3) is 0 Å². The van der Waals surface area contributed by atoms with Gasteiger partial charge < -0.3 is 16.0 Å². The molecule has 2 rings (SSSR count). The number of amides is 3. The monoisotopic (exact) mass is 225 g/mol. The van der Waals surface area contributed by atoms with Crippen LogP contribution in [0.3, 0.4) is 0 Å². The van der Waals surface area contributed by atoms with Gasteiger partial charge in [0, 0.05) is 25.0 Å². The van der Waals surface area contributed by atoms with Gasteiger partial charge in [0.1, 0.15) is 0 Å². The van der Waals surface area contributed by atoms with Gasteiger partial charge in [0.2, 0.25) is 5.91 Å². The Balaban J connectivity index is 1.74. The maximum absolute atomic E-state index is 11.8. The highest BCUT2D eigenvalue weighted by molar-refractivity contribution is 5.78. The van der Waals surface area contributed by atoms with E-state index in [-0.39, 0.29) is 17.9 Å². The van der Waals surface area contributed by atoms with Gasteiger partial charge in [-0.05, 0) is 32.1 Å². The number of likely N-dealkylation sites (tertiary alicyclic amines) is 1. The van der Waals surface area contributed by atoms with E-state index < -0.39 is 0 Å². The summed E-state index contributed by atoms with van der Waals surface area (Å²) in [7, 11) is 0. The number of nitrogens with one attached hydrogen (secondary N) is 1. The highest BCUT2D eigenvalue weighted by atomic mass is 16.2. The summed E-state index contributed by atoms with van der Waals surface area (Å²) in [5.74, 6) is -0.285. The van der Waals surface area contributed by atoms with E-state index in [2.05, 4.69) is 5.32 Å². The number of primary amides is 1. The summed E-state index contributed by atoms with van der Waals surface area (Å²) in [6, 6.07) is 0.397. The smallest absolute Gasteiger partial charge is 0.317 e. The first-order chi connectivity index (χ1) is 7.66. The van der Waals surface area contributed by atoms with Crippen molar-refractivity contribution in [2.45, 2.75) is 38.1 Å². The fourth-order valence-electron chi connectivity index (χ4n) is 2.19. The largest absolute Gasteiger partial charge is 0.369 e. The lowest BCUT2D eigenvalue weighted by molar-refractivity contribution is -0.123. The third-order valence-corrected chi connectivity index (χ3v) is 3.62. The SMILES string of the molecule is NC(=O)C1CCN(C(=O)NC2CCC2)CC1. The molecule has 0 bridgehead atoms. The fourth-order valence-corrected chi connectivity index (χ4v) is 2.19. The molecule has 5 heteroatoms. The predicted molar refractivity (Wildman–Crippen MR) is 59.7 cm³/mol. The van der Waals surface area contributed by atoms with Gasteiger partial charge in [-0.1, -0.05) is 0 Å². The zero-order chi connectivity index (χ0) is 11.5. The molecule has 1 saturated carbocycles. The molecule has 3 amide bonds. The zero-order valence-electron chi connectivity index (χ0n) is 9.45. The lowest BCUT2D eigenvalue weighted by Crippen LogP contribution is -2.50. The van der Waals surface area contributed by atoms with Crippen molar-refractivity contribution in [2.75, 3.05) is 13.1 Å². The number of rotatable bonds is 2. The molecule has 0 aromatic carbocycles. The Kier molecular flexibility index (Phi) is 3.31. The Labute approximate surface area is 95.3 Å². The Morgan fingerprint density at radius 2 is 1.75 bits per heavy atom. The summed E-state index contributed by atoms with van der Waals surface area (Å²) < 4.78 is 0. The van der Waals surface area contributed by atoms with E-state index in [9.17, 15) is 9.59 Å². The van der Waals surface area contributed by atoms with Crippen molar-refractivity contribution in [2.24, 2.45) is 11.7 Å². The van der Waals surface area contributed by atoms with Gasteiger partial charge in [-0.3, -0.25) is 4.79 Å². The fraction of sp³-hybridized carbons (Fsp3) is 0.818. The van der Waals surface area contributed by atoms with E-state index in [0.29, 0.717) is 32.0 Å². The summed E-state index contributed by atoms with van der Waals surface area (Å²) in [6.45, 7) is 1.29. The number of hydrogen-bond acceptors (Lipinski definition) is 2. The van der Waals surface area contributed by atoms with Crippen LogP contribution in [0.4, 0.5) is 4.79 Å². The van der Waals surface area contributed by atoms with Crippen molar-refractivity contribution in [1.82, 2.24) is 10.2 Å². The second-order valence-corrected chi connectivity index (χ2v) is 4.74. The van der Waals surface area contributed by atoms with Crippen LogP contribution in [0.5, 0.6) is 0 Å². The molecule has 0 radical (unpaired) electrons. The molecule has 1 heterocycles. The number of nitrogens with zero attached hydrogens (tertiary/aromatic N) is 1. The van der Waals surface area contributed by atoms with Gasteiger partial charge in [-0.15, -0.1) is 0 Å². The third kappa shape index (κ3) is 2.46. The lowest BCUT2D eigenvalue weighted by Gasteiger charge is -2.34. The van der Waals surface area contributed by atoms with E-state index >= 15 is 0 Å². The van der Waals surface area contributed by atoms with Gasteiger partial charge in [-0.2, -0.15) is 0 Å². The average Bonchev–Trinajstić information content (AvgIpc) is 2.23. The van der Waals surface area contributed by atoms with Crippen molar-refractivity contribution in [3.05, 3.63) is 0 Å². The normalized spacial score (nSPS) is 22.6. The summed E-state index contributed by atoms with van der Waals surface area (Å²) in [5, 5.41) is 3.00. The molecule has 1 aliphatic heterocycles. The number of carbonyl (C=O) groups excluding carboxylic acids is 2. The molecule has 0 spiro atoms. The predicted octanol–water partition coefficient (Wildman–Crippen LogP) is 0.446. The Hall–Kier alpha value is -1.26. The molecule has 0 aromatic heterocycles. The van der Waals surface area contributed by atoms with Gasteiger partial charge >= 0.3 is 6.03 Å². The Bertz CT molecular complexity index is 281. The van der Waals surface area contributed by atoms with Gasteiger partial charge in [0.05, 0.1) is 0 Å². The van der Waals surface area contributed by atoms with Crippen molar-refractivity contribution < 1.29 is 9.59 Å². The van der Waals surface area contributed by atoms with Crippen molar-refractivity contribution in [3.63, 3.8) is 0 Å². The highest BCUT2D eigenvalue weighted by Gasteiger charge is 2.27. The van der Waals surface area contributed by atoms with E-state index in [1.165, 1.54) is 6.42 Å². The van der Waals surface area contributed by atoms with Crippen LogP contribution >= 0.6 is 0 Å². The van der Waals surface area contributed by atoms with Gasteiger partial charge in [-0.25, -0.2) is 4.79 Å². The first-order valence-electron chi connectivity index (χ1n) is 6.01. The number of piperidine rings is 1. The number of carbonyl (C=O) groups is 2. The van der Waals surface area contributed by atoms with Gasteiger partial charge in [0.25, 0.3) is 0 Å². The summed E-state index contributed by atoms with van der Waals surface area (Å²) in [6.07, 6.45) is 4.82. The molecule has 1 aliphatic carbocycles. The third-order valence-electron chi connectivity index (χ3n) is 3.62. The zero-order valence-corrected chi connectivity index (χ0v) is 9.45. The van der Waals surface area contributed by atoms with Crippen LogP contribution in [-0.4, -0.2) is 36.0 Å². The standard InChI is InChI=1S/C11H19N3O2/c12-10(15)8-4-6-14(7-5-8)11(16)13-9-2-1-3-9/h8-9H,1-7H2,(H2,12,15)(H,13,16). The van der Waals surface area contributed by atoms with Crippen LogP contribution in [-0.2, 0) is 4.79 Å². The van der Waals surface area contributed by atoms with E-state index in [0.717, 1.165) is 12.8 Å². The Morgan fingerprint density at radius 3 is 2.19 bits per heavy atom. The average molecular weight is 225 g/mol. The van der Waals surface area contributed by atoms with E-state index in [1.54, 1.807) is 4.90 Å². The van der Waals surface area contributed by atoms with Crippen LogP contribution in [0.1, 0.15) is 32.1 Å². The van der Waals surface area contributed by atoms with E-state index in [1.807, 2.05) is 0 Å². The minimum atomic E-state index is -0.237. The topological polar surface area (TPSA) is 75.4 Å². The molecule has 1 saturated heterocycles. The number of hydrogen-bond donors (Lipinski definition) is 2. The van der Waals surface area contributed by atoms with Crippen LogP contribution in [0, 0.1) is 5.92 Å². The molecule has 16 heavy (non-hydrogen) atoms. The first kappa shape index (κ1) is 11.2. The first-order valence-corrected chi connectivity index (χ1v) is 6.01. The summed E-state index contributed by atoms with van der Waals surface area (Å²) in [5.41, 5.74) is 5.24. The van der Waals surface area contributed by atoms with Gasteiger partial charge in [0.15, 0.2) is 0 Å². The van der Waals surface area contributed by atoms with Crippen molar-refractivity contribution >= 4 is 11.9 Å². The second-order valence-electron chi connectivity index (χ2n) is 4.74. The number of urea groups is 1. The van der Waals surface area contributed by atoms with Crippen molar-refractivity contribution in [3.8, 4) is 0 Å². The highest BCUT2D eigenvalue weighted by Crippen LogP contribution is 2.20. The maximum atomic E-state index is 11.8. The Morgan fingerprint density at radius 1 is 1.12 bits per heavy atom. The molecule has 0 unspecified atom stereocenters.